The molecule has 0 aliphatic heterocycles. The third-order valence-corrected chi connectivity index (χ3v) is 0. The van der Waals surface area contributed by atoms with Gasteiger partial charge in [0.25, 0.3) is 0 Å². The van der Waals surface area contributed by atoms with Crippen molar-refractivity contribution in [1.29, 1.82) is 0 Å². The third-order valence-electron chi connectivity index (χ3n) is 0. The zero-order chi connectivity index (χ0) is 6.41. The van der Waals surface area contributed by atoms with Gasteiger partial charge in [0.1, 0.15) is 0 Å². The van der Waals surface area contributed by atoms with E-state index in [1.807, 2.05) is 0 Å². The summed E-state index contributed by atoms with van der Waals surface area (Å²) >= 11 is -11.1. The van der Waals surface area contributed by atoms with Gasteiger partial charge in [-0.2, -0.15) is 0 Å². The Morgan fingerprint density at radius 2 is 0.571 bits per heavy atom. The first-order valence-electron chi connectivity index (χ1n) is 0.717. The van der Waals surface area contributed by atoms with Crippen LogP contribution in [-0.4, -0.2) is 0 Å². The Morgan fingerprint density at radius 1 is 0.571 bits per heavy atom. The van der Waals surface area contributed by atoms with Crippen LogP contribution in [0.2, 0.25) is 0 Å². The van der Waals surface area contributed by atoms with Gasteiger partial charge in [0.05, 0.1) is 0 Å². The van der Waals surface area contributed by atoms with E-state index in [0.717, 1.165) is 0 Å². The van der Waals surface area contributed by atoms with Crippen molar-refractivity contribution in [2.75, 3.05) is 0 Å². The summed E-state index contributed by atoms with van der Waals surface area (Å²) in [6.07, 6.45) is 0. The standard InChI is InChI=1S/6FH.Pt/h6*1H;/q;;;;;;+4/p-6. The summed E-state index contributed by atoms with van der Waals surface area (Å²) in [6, 6.07) is 0. The van der Waals surface area contributed by atoms with Crippen molar-refractivity contribution in [3.05, 3.63) is 0 Å². The molecule has 0 radical (unpaired) electrons. The molecule has 0 saturated carbocycles. The third kappa shape index (κ3) is 1590. The summed E-state index contributed by atoms with van der Waals surface area (Å²) in [5.74, 6) is 0. The molecule has 0 rings (SSSR count). The van der Waals surface area contributed by atoms with Crippen molar-refractivity contribution in [3.8, 4) is 0 Å². The van der Waals surface area contributed by atoms with E-state index in [-0.39, 0.29) is 0 Å². The fourth-order valence-corrected chi connectivity index (χ4v) is 0. The number of halogens is 6. The molecule has 0 heterocycles. The van der Waals surface area contributed by atoms with E-state index in [1.165, 1.54) is 0 Å². The average molecular weight is 309 g/mol. The molecule has 0 aliphatic rings. The maximum atomic E-state index is 9.91. The first-order chi connectivity index (χ1) is 2.45. The number of rotatable bonds is 0. The zero-order valence-corrected chi connectivity index (χ0v) is 4.86. The summed E-state index contributed by atoms with van der Waals surface area (Å²) < 4.78 is 59.5. The molecule has 0 N–H and O–H groups in total. The van der Waals surface area contributed by atoms with E-state index in [2.05, 4.69) is 0 Å². The Kier molecular flexibility index (Phi) is 0.775. The van der Waals surface area contributed by atoms with Gasteiger partial charge in [-0.05, 0) is 0 Å². The Hall–Kier alpha value is 0.268. The molecule has 0 aromatic rings. The van der Waals surface area contributed by atoms with Crippen molar-refractivity contribution in [2.45, 2.75) is 0 Å². The molecule has 0 spiro atoms. The van der Waals surface area contributed by atoms with Crippen LogP contribution in [0, 0.1) is 0 Å². The predicted octanol–water partition coefficient (Wildman–Crippen LogP) is 2.52. The summed E-state index contributed by atoms with van der Waals surface area (Å²) in [6.45, 7) is 0. The normalized spacial score (nSPS) is 23.1. The number of hydrogen-bond acceptors (Lipinski definition) is 0. The minimum atomic E-state index is -11.1. The molecular formula is F6Pt-2. The second-order valence-corrected chi connectivity index (χ2v) is 5.55. The molecule has 0 nitrogen and oxygen atoms in total. The first-order valence-corrected chi connectivity index (χ1v) is 5.87. The second kappa shape index (κ2) is 0.746. The van der Waals surface area contributed by atoms with Crippen LogP contribution in [0.25, 0.3) is 0 Å². The van der Waals surface area contributed by atoms with E-state index in [1.54, 1.807) is 0 Å². The molecule has 0 fully saturated rings. The SMILES string of the molecule is [F][Pt-2]([F])([F])([F])([F])[F]. The molecule has 0 aliphatic carbocycles. The van der Waals surface area contributed by atoms with Crippen molar-refractivity contribution in [2.24, 2.45) is 0 Å². The van der Waals surface area contributed by atoms with Crippen LogP contribution < -0.4 is 0 Å². The van der Waals surface area contributed by atoms with E-state index in [9.17, 15) is 18.9 Å². The maximum absolute atomic E-state index is 11.1. The quantitative estimate of drug-likeness (QED) is 0.603. The molecular weight excluding hydrogens is 309 g/mol. The van der Waals surface area contributed by atoms with Crippen molar-refractivity contribution < 1.29 is 35.7 Å². The average Bonchev–Trinajstić information content (AvgIpc) is 0.592. The van der Waals surface area contributed by atoms with Gasteiger partial charge in [0.2, 0.25) is 0 Å². The van der Waals surface area contributed by atoms with E-state index in [0.29, 0.717) is 0 Å². The molecule has 0 unspecified atom stereocenters. The summed E-state index contributed by atoms with van der Waals surface area (Å²) in [5.41, 5.74) is 0. The molecule has 0 aromatic heterocycles. The van der Waals surface area contributed by atoms with Gasteiger partial charge in [-0.15, -0.1) is 0 Å². The molecule has 7 heteroatoms. The monoisotopic (exact) mass is 309 g/mol. The van der Waals surface area contributed by atoms with Gasteiger partial charge >= 0.3 is 35.7 Å². The van der Waals surface area contributed by atoms with Crippen LogP contribution in [-0.2, 0) is 16.7 Å². The Balaban J connectivity index is 4.43. The van der Waals surface area contributed by atoms with Crippen molar-refractivity contribution in [1.82, 2.24) is 0 Å². The Morgan fingerprint density at radius 3 is 0.571 bits per heavy atom. The van der Waals surface area contributed by atoms with Crippen molar-refractivity contribution in [3.63, 3.8) is 0 Å². The molecule has 0 amide bonds. The van der Waals surface area contributed by atoms with Crippen LogP contribution in [0.15, 0.2) is 0 Å². The van der Waals surface area contributed by atoms with Crippen molar-refractivity contribution >= 4 is 0 Å². The first kappa shape index (κ1) is 7.27. The van der Waals surface area contributed by atoms with Gasteiger partial charge in [-0.1, -0.05) is 0 Å². The van der Waals surface area contributed by atoms with Gasteiger partial charge in [0.15, 0.2) is 0 Å². The summed E-state index contributed by atoms with van der Waals surface area (Å²) in [5, 5.41) is 0. The van der Waals surface area contributed by atoms with Crippen LogP contribution in [0.4, 0.5) is 18.9 Å². The fourth-order valence-electron chi connectivity index (χ4n) is 0. The van der Waals surface area contributed by atoms with E-state index >= 15 is 0 Å². The van der Waals surface area contributed by atoms with Gasteiger partial charge in [-0.25, -0.2) is 0 Å². The molecule has 0 atom stereocenters. The van der Waals surface area contributed by atoms with Gasteiger partial charge in [-0.3, -0.25) is 0 Å². The van der Waals surface area contributed by atoms with Crippen LogP contribution in [0.3, 0.4) is 0 Å². The topological polar surface area (TPSA) is 0 Å². The molecule has 54 valence electrons. The molecule has 0 bridgehead atoms. The molecule has 0 aromatic carbocycles. The predicted molar refractivity (Wildman–Crippen MR) is 6.65 cm³/mol. The van der Waals surface area contributed by atoms with Crippen LogP contribution in [0.1, 0.15) is 0 Å². The fraction of sp³-hybridized carbons (Fsp3) is 0. The summed E-state index contributed by atoms with van der Waals surface area (Å²) in [4.78, 5) is 0. The van der Waals surface area contributed by atoms with E-state index < -0.39 is 16.7 Å². The van der Waals surface area contributed by atoms with Crippen LogP contribution >= 0.6 is 0 Å². The molecule has 7 heavy (non-hydrogen) atoms. The zero-order valence-electron chi connectivity index (χ0n) is 2.58. The Bertz CT molecular complexity index is 62.7. The van der Waals surface area contributed by atoms with Gasteiger partial charge in [0, 0.05) is 0 Å². The minimum absolute atomic E-state index is 9.91. The van der Waals surface area contributed by atoms with E-state index in [4.69, 9.17) is 0 Å². The Labute approximate surface area is 36.5 Å². The summed E-state index contributed by atoms with van der Waals surface area (Å²) in [7, 11) is 0. The molecule has 0 saturated heterocycles. The van der Waals surface area contributed by atoms with Gasteiger partial charge < -0.3 is 0 Å². The second-order valence-electron chi connectivity index (χ2n) is 0.678. The van der Waals surface area contributed by atoms with Crippen LogP contribution in [0.5, 0.6) is 0 Å². The number of hydrogen-bond donors (Lipinski definition) is 0.